The molecule has 0 saturated heterocycles. The number of benzene rings is 1. The molecule has 1 aromatic heterocycles. The van der Waals surface area contributed by atoms with E-state index in [0.717, 1.165) is 35.9 Å². The van der Waals surface area contributed by atoms with E-state index in [1.54, 1.807) is 0 Å². The second kappa shape index (κ2) is 14.4. The van der Waals surface area contributed by atoms with Crippen LogP contribution in [0.3, 0.4) is 0 Å². The van der Waals surface area contributed by atoms with E-state index < -0.39 is 6.10 Å². The Morgan fingerprint density at radius 3 is 2.21 bits per heavy atom. The Bertz CT molecular complexity index is 704. The number of nitrogens with zero attached hydrogens (tertiary/aromatic N) is 1. The summed E-state index contributed by atoms with van der Waals surface area (Å²) in [6, 6.07) is 5.93. The smallest absolute Gasteiger partial charge is 0.224 e. The third kappa shape index (κ3) is 9.62. The van der Waals surface area contributed by atoms with Crippen LogP contribution >= 0.6 is 0 Å². The number of rotatable bonds is 16. The lowest BCUT2D eigenvalue weighted by Crippen LogP contribution is -1.97. The van der Waals surface area contributed by atoms with Gasteiger partial charge < -0.3 is 9.52 Å². The van der Waals surface area contributed by atoms with Gasteiger partial charge in [0.05, 0.1) is 0 Å². The van der Waals surface area contributed by atoms with E-state index in [1.807, 2.05) is 25.1 Å². The van der Waals surface area contributed by atoms with E-state index in [1.165, 1.54) is 70.6 Å². The highest BCUT2D eigenvalue weighted by Gasteiger charge is 2.14. The van der Waals surface area contributed by atoms with Gasteiger partial charge in [0.2, 0.25) is 5.89 Å². The second-order valence-electron chi connectivity index (χ2n) is 8.41. The average molecular weight is 400 g/mol. The highest BCUT2D eigenvalue weighted by Crippen LogP contribution is 2.24. The first kappa shape index (κ1) is 23.7. The molecule has 2 aromatic rings. The maximum Gasteiger partial charge on any atom is 0.224 e. The topological polar surface area (TPSA) is 46.3 Å². The molecule has 3 nitrogen and oxygen atoms in total. The molecule has 0 saturated carbocycles. The van der Waals surface area contributed by atoms with Crippen LogP contribution in [0.1, 0.15) is 114 Å². The minimum absolute atomic E-state index is 0.459. The molecule has 1 heterocycles. The molecule has 0 radical (unpaired) electrons. The fourth-order valence-electron chi connectivity index (χ4n) is 3.73. The van der Waals surface area contributed by atoms with Gasteiger partial charge >= 0.3 is 0 Å². The fraction of sp³-hybridized carbons (Fsp3) is 0.654. The van der Waals surface area contributed by atoms with Crippen molar-refractivity contribution in [1.82, 2.24) is 4.98 Å². The molecule has 2 rings (SSSR count). The molecular weight excluding hydrogens is 358 g/mol. The van der Waals surface area contributed by atoms with Crippen molar-refractivity contribution in [2.75, 3.05) is 0 Å². The van der Waals surface area contributed by atoms with Crippen molar-refractivity contribution < 1.29 is 9.52 Å². The summed E-state index contributed by atoms with van der Waals surface area (Å²) in [5.41, 5.74) is 2.75. The first-order chi connectivity index (χ1) is 14.2. The molecule has 162 valence electrons. The van der Waals surface area contributed by atoms with Crippen LogP contribution in [0, 0.1) is 6.92 Å². The van der Waals surface area contributed by atoms with Crippen LogP contribution < -0.4 is 0 Å². The van der Waals surface area contributed by atoms with E-state index >= 15 is 0 Å². The first-order valence-corrected chi connectivity index (χ1v) is 11.9. The van der Waals surface area contributed by atoms with Gasteiger partial charge in [0, 0.05) is 0 Å². The number of aliphatic hydroxyl groups is 1. The minimum atomic E-state index is -0.590. The van der Waals surface area contributed by atoms with Gasteiger partial charge in [-0.15, -0.1) is 0 Å². The number of oxazole rings is 1. The van der Waals surface area contributed by atoms with E-state index in [9.17, 15) is 5.11 Å². The lowest BCUT2D eigenvalue weighted by Gasteiger charge is -2.06. The predicted molar refractivity (Wildman–Crippen MR) is 123 cm³/mol. The van der Waals surface area contributed by atoms with Gasteiger partial charge in [-0.2, -0.15) is 0 Å². The van der Waals surface area contributed by atoms with E-state index in [2.05, 4.69) is 24.1 Å². The molecule has 0 fully saturated rings. The van der Waals surface area contributed by atoms with Gasteiger partial charge in [-0.3, -0.25) is 0 Å². The Kier molecular flexibility index (Phi) is 11.7. The van der Waals surface area contributed by atoms with Crippen molar-refractivity contribution in [3.8, 4) is 0 Å². The number of hydrogen-bond acceptors (Lipinski definition) is 3. The van der Waals surface area contributed by atoms with Crippen molar-refractivity contribution in [1.29, 1.82) is 0 Å². The van der Waals surface area contributed by atoms with Crippen LogP contribution in [0.5, 0.6) is 0 Å². The molecule has 3 heteroatoms. The summed E-state index contributed by atoms with van der Waals surface area (Å²) < 4.78 is 5.69. The Morgan fingerprint density at radius 2 is 1.52 bits per heavy atom. The molecule has 0 bridgehead atoms. The van der Waals surface area contributed by atoms with E-state index in [0.29, 0.717) is 5.89 Å². The van der Waals surface area contributed by atoms with Crippen LogP contribution in [0.15, 0.2) is 34.8 Å². The number of aryl methyl sites for hydroxylation is 1. The number of allylic oxidation sites excluding steroid dienone is 2. The van der Waals surface area contributed by atoms with Gasteiger partial charge in [-0.25, -0.2) is 4.98 Å². The Hall–Kier alpha value is -1.61. The summed E-state index contributed by atoms with van der Waals surface area (Å²) in [5, 5.41) is 10.3. The van der Waals surface area contributed by atoms with Gasteiger partial charge in [-0.05, 0) is 56.7 Å². The van der Waals surface area contributed by atoms with Crippen LogP contribution in [0.2, 0.25) is 0 Å². The molecule has 0 aliphatic carbocycles. The Balaban J connectivity index is 1.45. The lowest BCUT2D eigenvalue weighted by molar-refractivity contribution is 0.133. The van der Waals surface area contributed by atoms with Gasteiger partial charge in [0.1, 0.15) is 11.6 Å². The largest absolute Gasteiger partial charge is 0.438 e. The zero-order valence-electron chi connectivity index (χ0n) is 18.7. The predicted octanol–water partition coefficient (Wildman–Crippen LogP) is 8.21. The summed E-state index contributed by atoms with van der Waals surface area (Å²) in [7, 11) is 0. The summed E-state index contributed by atoms with van der Waals surface area (Å²) in [6.45, 7) is 4.31. The van der Waals surface area contributed by atoms with Gasteiger partial charge in [0.15, 0.2) is 5.58 Å². The maximum absolute atomic E-state index is 10.3. The summed E-state index contributed by atoms with van der Waals surface area (Å²) in [5.74, 6) is 0.459. The molecule has 1 atom stereocenters. The SMILES string of the molecule is CCCCCCCC/C=C\CCCCCCCC(O)c1nc2cc(C)ccc2o1. The van der Waals surface area contributed by atoms with Crippen molar-refractivity contribution in [2.24, 2.45) is 0 Å². The van der Waals surface area contributed by atoms with E-state index in [4.69, 9.17) is 4.42 Å². The minimum Gasteiger partial charge on any atom is -0.438 e. The van der Waals surface area contributed by atoms with Crippen LogP contribution in [-0.4, -0.2) is 10.1 Å². The molecule has 29 heavy (non-hydrogen) atoms. The highest BCUT2D eigenvalue weighted by atomic mass is 16.4. The number of aromatic nitrogens is 1. The molecule has 1 N–H and O–H groups in total. The third-order valence-corrected chi connectivity index (χ3v) is 5.58. The van der Waals surface area contributed by atoms with Crippen molar-refractivity contribution in [2.45, 2.75) is 110 Å². The molecule has 0 amide bonds. The van der Waals surface area contributed by atoms with Crippen LogP contribution in [-0.2, 0) is 0 Å². The quantitative estimate of drug-likeness (QED) is 0.228. The fourth-order valence-corrected chi connectivity index (χ4v) is 3.73. The van der Waals surface area contributed by atoms with Crippen molar-refractivity contribution in [3.63, 3.8) is 0 Å². The van der Waals surface area contributed by atoms with E-state index in [-0.39, 0.29) is 0 Å². The molecule has 0 aliphatic heterocycles. The zero-order valence-corrected chi connectivity index (χ0v) is 18.7. The van der Waals surface area contributed by atoms with Crippen molar-refractivity contribution in [3.05, 3.63) is 41.8 Å². The summed E-state index contributed by atoms with van der Waals surface area (Å²) in [6.07, 6.45) is 21.6. The highest BCUT2D eigenvalue weighted by molar-refractivity contribution is 5.73. The number of fused-ring (bicyclic) bond motifs is 1. The van der Waals surface area contributed by atoms with Gasteiger partial charge in [-0.1, -0.05) is 82.9 Å². The van der Waals surface area contributed by atoms with Gasteiger partial charge in [0.25, 0.3) is 0 Å². The zero-order chi connectivity index (χ0) is 20.7. The molecule has 1 unspecified atom stereocenters. The maximum atomic E-state index is 10.3. The number of hydrogen-bond donors (Lipinski definition) is 1. The lowest BCUT2D eigenvalue weighted by atomic mass is 10.1. The molecule has 0 spiro atoms. The number of aliphatic hydroxyl groups excluding tert-OH is 1. The Morgan fingerprint density at radius 1 is 0.897 bits per heavy atom. The average Bonchev–Trinajstić information content (AvgIpc) is 3.14. The normalized spacial score (nSPS) is 12.9. The number of unbranched alkanes of at least 4 members (excludes halogenated alkanes) is 11. The second-order valence-corrected chi connectivity index (χ2v) is 8.41. The third-order valence-electron chi connectivity index (χ3n) is 5.58. The molecular formula is C26H41NO2. The van der Waals surface area contributed by atoms with Crippen LogP contribution in [0.4, 0.5) is 0 Å². The molecule has 1 aromatic carbocycles. The standard InChI is InChI=1S/C26H41NO2/c1-3-4-5-6-7-8-9-10-11-12-13-14-15-16-17-18-24(28)26-27-23-21-22(2)19-20-25(23)29-26/h10-11,19-21,24,28H,3-9,12-18H2,1-2H3/b11-10-. The first-order valence-electron chi connectivity index (χ1n) is 11.9. The monoisotopic (exact) mass is 399 g/mol. The Labute approximate surface area is 177 Å². The summed E-state index contributed by atoms with van der Waals surface area (Å²) in [4.78, 5) is 4.44. The van der Waals surface area contributed by atoms with Crippen LogP contribution in [0.25, 0.3) is 11.1 Å². The molecule has 0 aliphatic rings. The van der Waals surface area contributed by atoms with Crippen molar-refractivity contribution >= 4 is 11.1 Å². The summed E-state index contributed by atoms with van der Waals surface area (Å²) >= 11 is 0.